The molecule has 1 saturated heterocycles. The Morgan fingerprint density at radius 2 is 1.93 bits per heavy atom. The number of benzene rings is 1. The van der Waals surface area contributed by atoms with Crippen molar-refractivity contribution in [2.24, 2.45) is 0 Å². The monoisotopic (exact) mass is 399 g/mol. The number of fused-ring (bicyclic) bond motifs is 1. The maximum absolute atomic E-state index is 6.13. The van der Waals surface area contributed by atoms with Crippen molar-refractivity contribution in [1.82, 2.24) is 19.7 Å². The summed E-state index contributed by atoms with van der Waals surface area (Å²) in [6.07, 6.45) is 4.63. The van der Waals surface area contributed by atoms with Gasteiger partial charge in [-0.3, -0.25) is 4.40 Å². The number of methoxy groups -OCH3 is 2. The normalized spacial score (nSPS) is 15.6. The third-order valence-corrected chi connectivity index (χ3v) is 4.71. The minimum atomic E-state index is 0. The number of nitrogen functional groups attached to an aromatic ring is 1. The van der Waals surface area contributed by atoms with Gasteiger partial charge in [0.25, 0.3) is 0 Å². The van der Waals surface area contributed by atoms with Crippen molar-refractivity contribution in [3.8, 4) is 23.3 Å². The molecule has 1 aliphatic heterocycles. The van der Waals surface area contributed by atoms with E-state index in [0.29, 0.717) is 28.9 Å². The molecule has 3 N–H and O–H groups in total. The first kappa shape index (κ1) is 19.8. The molecule has 3 aromatic rings. The Hall–Kier alpha value is -2.95. The van der Waals surface area contributed by atoms with Crippen LogP contribution in [0.3, 0.4) is 0 Å². The number of nitrogens with two attached hydrogens (primary N) is 1. The number of imidazole rings is 1. The maximum atomic E-state index is 6.13. The molecule has 0 saturated carbocycles. The second-order valence-corrected chi connectivity index (χ2v) is 6.39. The number of anilines is 1. The van der Waals surface area contributed by atoms with Gasteiger partial charge in [-0.05, 0) is 31.0 Å². The Balaban J connectivity index is 0.00000225. The third-order valence-electron chi connectivity index (χ3n) is 4.71. The fourth-order valence-corrected chi connectivity index (χ4v) is 3.35. The van der Waals surface area contributed by atoms with Crippen molar-refractivity contribution < 1.29 is 9.47 Å². The lowest BCUT2D eigenvalue weighted by molar-refractivity contribution is 0.394. The number of hydrogen-bond donors (Lipinski definition) is 2. The number of ether oxygens (including phenoxy) is 2. The van der Waals surface area contributed by atoms with Crippen LogP contribution in [0.1, 0.15) is 29.4 Å². The van der Waals surface area contributed by atoms with Gasteiger partial charge in [-0.25, -0.2) is 9.97 Å². The van der Waals surface area contributed by atoms with Crippen molar-refractivity contribution in [2.45, 2.75) is 12.3 Å². The molecule has 1 aliphatic rings. The quantitative estimate of drug-likeness (QED) is 0.657. The fraction of sp³-hybridized carbons (Fsp3) is 0.300. The van der Waals surface area contributed by atoms with Crippen molar-refractivity contribution in [3.05, 3.63) is 47.7 Å². The summed E-state index contributed by atoms with van der Waals surface area (Å²) in [5.41, 5.74) is 8.29. The zero-order valence-corrected chi connectivity index (χ0v) is 16.5. The van der Waals surface area contributed by atoms with Crippen molar-refractivity contribution in [3.63, 3.8) is 0 Å². The van der Waals surface area contributed by atoms with Crippen LogP contribution in [0, 0.1) is 11.8 Å². The lowest BCUT2D eigenvalue weighted by Crippen LogP contribution is -2.10. The summed E-state index contributed by atoms with van der Waals surface area (Å²) in [7, 11) is 3.23. The molecule has 1 aromatic carbocycles. The summed E-state index contributed by atoms with van der Waals surface area (Å²) >= 11 is 0. The van der Waals surface area contributed by atoms with E-state index in [1.54, 1.807) is 20.4 Å². The van der Waals surface area contributed by atoms with Gasteiger partial charge in [-0.15, -0.1) is 12.4 Å². The van der Waals surface area contributed by atoms with Gasteiger partial charge in [0.05, 0.1) is 14.2 Å². The van der Waals surface area contributed by atoms with Gasteiger partial charge in [0, 0.05) is 36.5 Å². The van der Waals surface area contributed by atoms with Crippen LogP contribution in [0.5, 0.6) is 11.5 Å². The number of aromatic nitrogens is 3. The van der Waals surface area contributed by atoms with E-state index in [2.05, 4.69) is 22.1 Å². The first-order chi connectivity index (χ1) is 13.2. The van der Waals surface area contributed by atoms with Gasteiger partial charge >= 0.3 is 0 Å². The highest BCUT2D eigenvalue weighted by molar-refractivity contribution is 5.85. The first-order valence-corrected chi connectivity index (χ1v) is 8.78. The van der Waals surface area contributed by atoms with Crippen LogP contribution >= 0.6 is 12.4 Å². The summed E-state index contributed by atoms with van der Waals surface area (Å²) in [5.74, 6) is 9.42. The van der Waals surface area contributed by atoms with Crippen LogP contribution in [-0.4, -0.2) is 41.7 Å². The van der Waals surface area contributed by atoms with E-state index >= 15 is 0 Å². The van der Waals surface area contributed by atoms with E-state index in [1.165, 1.54) is 0 Å². The zero-order chi connectivity index (χ0) is 18.8. The Morgan fingerprint density at radius 3 is 2.57 bits per heavy atom. The second kappa shape index (κ2) is 8.38. The van der Waals surface area contributed by atoms with Gasteiger partial charge in [-0.2, -0.15) is 0 Å². The summed E-state index contributed by atoms with van der Waals surface area (Å²) in [6, 6.07) is 5.53. The van der Waals surface area contributed by atoms with Crippen LogP contribution in [-0.2, 0) is 0 Å². The summed E-state index contributed by atoms with van der Waals surface area (Å²) in [6.45, 7) is 1.89. The highest BCUT2D eigenvalue weighted by Gasteiger charge is 2.23. The molecule has 7 nitrogen and oxygen atoms in total. The number of halogens is 1. The molecule has 0 bridgehead atoms. The first-order valence-electron chi connectivity index (χ1n) is 8.78. The lowest BCUT2D eigenvalue weighted by atomic mass is 10.1. The minimum Gasteiger partial charge on any atom is -0.497 e. The topological polar surface area (TPSA) is 86.7 Å². The van der Waals surface area contributed by atoms with Gasteiger partial charge in [0.1, 0.15) is 28.5 Å². The van der Waals surface area contributed by atoms with E-state index in [0.717, 1.165) is 36.4 Å². The lowest BCUT2D eigenvalue weighted by Gasteiger charge is -2.06. The summed E-state index contributed by atoms with van der Waals surface area (Å²) in [5, 5.41) is 3.38. The Bertz CT molecular complexity index is 1030. The van der Waals surface area contributed by atoms with Crippen molar-refractivity contribution >= 4 is 23.7 Å². The molecule has 0 unspecified atom stereocenters. The summed E-state index contributed by atoms with van der Waals surface area (Å²) in [4.78, 5) is 9.01. The molecule has 0 aliphatic carbocycles. The second-order valence-electron chi connectivity index (χ2n) is 6.39. The SMILES string of the molecule is COc1cc(C#Cc2nc([C@H]3CCNC3)n3ccnc(N)c23)cc(OC)c1.Cl. The fourth-order valence-electron chi connectivity index (χ4n) is 3.35. The predicted octanol–water partition coefficient (Wildman–Crippen LogP) is 2.23. The van der Waals surface area contributed by atoms with E-state index in [1.807, 2.05) is 28.8 Å². The number of rotatable bonds is 3. The van der Waals surface area contributed by atoms with Crippen LogP contribution in [0.15, 0.2) is 30.6 Å². The van der Waals surface area contributed by atoms with Crippen LogP contribution in [0.4, 0.5) is 5.82 Å². The van der Waals surface area contributed by atoms with Gasteiger partial charge < -0.3 is 20.5 Å². The molecule has 2 aromatic heterocycles. The van der Waals surface area contributed by atoms with Gasteiger partial charge in [0.15, 0.2) is 5.82 Å². The van der Waals surface area contributed by atoms with E-state index in [-0.39, 0.29) is 12.4 Å². The van der Waals surface area contributed by atoms with Crippen LogP contribution < -0.4 is 20.5 Å². The zero-order valence-electron chi connectivity index (χ0n) is 15.7. The van der Waals surface area contributed by atoms with E-state index in [4.69, 9.17) is 20.2 Å². The molecule has 8 heteroatoms. The smallest absolute Gasteiger partial charge is 0.150 e. The number of nitrogens with zero attached hydrogens (tertiary/aromatic N) is 3. The minimum absolute atomic E-state index is 0. The molecule has 0 spiro atoms. The molecule has 0 amide bonds. The molecular weight excluding hydrogens is 378 g/mol. The Morgan fingerprint density at radius 1 is 1.18 bits per heavy atom. The van der Waals surface area contributed by atoms with Crippen molar-refractivity contribution in [2.75, 3.05) is 33.0 Å². The van der Waals surface area contributed by atoms with E-state index in [9.17, 15) is 0 Å². The van der Waals surface area contributed by atoms with Crippen molar-refractivity contribution in [1.29, 1.82) is 0 Å². The molecule has 3 heterocycles. The number of nitrogens with one attached hydrogen (secondary N) is 1. The van der Waals surface area contributed by atoms with Crippen LogP contribution in [0.25, 0.3) is 5.52 Å². The van der Waals surface area contributed by atoms with E-state index < -0.39 is 0 Å². The molecule has 4 rings (SSSR count). The molecule has 1 atom stereocenters. The summed E-state index contributed by atoms with van der Waals surface area (Å²) < 4.78 is 12.6. The molecule has 146 valence electrons. The highest BCUT2D eigenvalue weighted by Crippen LogP contribution is 2.26. The molecule has 0 radical (unpaired) electrons. The average molecular weight is 400 g/mol. The molecule has 1 fully saturated rings. The molecular formula is C20H22ClN5O2. The highest BCUT2D eigenvalue weighted by atomic mass is 35.5. The van der Waals surface area contributed by atoms with Gasteiger partial charge in [0.2, 0.25) is 0 Å². The van der Waals surface area contributed by atoms with Gasteiger partial charge in [-0.1, -0.05) is 5.92 Å². The Labute approximate surface area is 169 Å². The van der Waals surface area contributed by atoms with Crippen LogP contribution in [0.2, 0.25) is 0 Å². The standard InChI is InChI=1S/C20H21N5O2.ClH/c1-26-15-9-13(10-16(11-15)27-2)3-4-17-18-19(21)23-7-8-25(18)20(24-17)14-5-6-22-12-14;/h7-11,14,22H,5-6,12H2,1-2H3,(H2,21,23);1H/t14-;/m0./s1. The third kappa shape index (κ3) is 3.70. The average Bonchev–Trinajstić information content (AvgIpc) is 3.34. The largest absolute Gasteiger partial charge is 0.497 e. The molecule has 28 heavy (non-hydrogen) atoms. The maximum Gasteiger partial charge on any atom is 0.150 e. The number of hydrogen-bond acceptors (Lipinski definition) is 6. The predicted molar refractivity (Wildman–Crippen MR) is 110 cm³/mol. The Kier molecular flexibility index (Phi) is 5.93.